The molecule has 1 N–H and O–H groups in total. The van der Waals surface area contributed by atoms with Crippen LogP contribution in [0.3, 0.4) is 0 Å². The first-order valence-corrected chi connectivity index (χ1v) is 9.75. The fourth-order valence-electron chi connectivity index (χ4n) is 3.64. The summed E-state index contributed by atoms with van der Waals surface area (Å²) in [7, 11) is 0. The molecule has 138 valence electrons. The topological polar surface area (TPSA) is 32.3 Å². The molecule has 3 nitrogen and oxygen atoms in total. The van der Waals surface area contributed by atoms with Crippen molar-refractivity contribution in [1.82, 2.24) is 10.2 Å². The van der Waals surface area contributed by atoms with Crippen molar-refractivity contribution in [2.45, 2.75) is 39.2 Å². The van der Waals surface area contributed by atoms with Gasteiger partial charge in [-0.3, -0.25) is 9.69 Å². The Kier molecular flexibility index (Phi) is 6.59. The number of benzene rings is 2. The molecule has 1 saturated heterocycles. The van der Waals surface area contributed by atoms with Gasteiger partial charge in [-0.1, -0.05) is 66.1 Å². The Morgan fingerprint density at radius 2 is 1.50 bits per heavy atom. The first-order valence-electron chi connectivity index (χ1n) is 9.75. The number of nitrogens with one attached hydrogen (secondary N) is 1. The second kappa shape index (κ2) is 9.11. The number of likely N-dealkylation sites (tertiary alicyclic amines) is 1. The van der Waals surface area contributed by atoms with Gasteiger partial charge in [-0.05, 0) is 45.3 Å². The number of aryl methyl sites for hydroxylation is 2. The van der Waals surface area contributed by atoms with Gasteiger partial charge in [0.15, 0.2) is 5.78 Å². The second-order valence-electron chi connectivity index (χ2n) is 7.44. The van der Waals surface area contributed by atoms with Crippen LogP contribution in [0.5, 0.6) is 0 Å². The van der Waals surface area contributed by atoms with E-state index in [0.717, 1.165) is 25.2 Å². The molecule has 26 heavy (non-hydrogen) atoms. The highest BCUT2D eigenvalue weighted by Crippen LogP contribution is 2.24. The molecule has 1 fully saturated rings. The zero-order valence-corrected chi connectivity index (χ0v) is 16.0. The molecule has 1 heterocycles. The number of hydrogen-bond donors (Lipinski definition) is 1. The number of Topliss-reactive ketones (excluding diaryl/α,β-unsaturated/α-hetero) is 1. The van der Waals surface area contributed by atoms with Crippen LogP contribution in [0.4, 0.5) is 0 Å². The normalized spacial score (nSPS) is 16.4. The summed E-state index contributed by atoms with van der Waals surface area (Å²) < 4.78 is 0. The number of carbonyl (C=O) groups excluding carboxylic acids is 1. The molecule has 1 unspecified atom stereocenters. The first-order chi connectivity index (χ1) is 12.6. The molecule has 0 saturated carbocycles. The standard InChI is InChI=1S/C23H30N2O/c1-18-6-10-20(11-7-18)22(25-14-4-3-5-15-25)16-24-17-23(26)21-12-8-19(2)9-13-21/h6-13,22,24H,3-5,14-17H2,1-2H3. The summed E-state index contributed by atoms with van der Waals surface area (Å²) in [6.45, 7) is 7.65. The number of nitrogens with zero attached hydrogens (tertiary/aromatic N) is 1. The molecule has 3 rings (SSSR count). The monoisotopic (exact) mass is 350 g/mol. The molecule has 0 spiro atoms. The fourth-order valence-corrected chi connectivity index (χ4v) is 3.64. The van der Waals surface area contributed by atoms with E-state index in [1.54, 1.807) is 0 Å². The van der Waals surface area contributed by atoms with Crippen molar-refractivity contribution in [3.05, 3.63) is 70.8 Å². The maximum Gasteiger partial charge on any atom is 0.176 e. The lowest BCUT2D eigenvalue weighted by atomic mass is 10.0. The fraction of sp³-hybridized carbons (Fsp3) is 0.435. The average Bonchev–Trinajstić information content (AvgIpc) is 2.67. The van der Waals surface area contributed by atoms with Gasteiger partial charge >= 0.3 is 0 Å². The predicted octanol–water partition coefficient (Wildman–Crippen LogP) is 4.30. The Morgan fingerprint density at radius 1 is 0.923 bits per heavy atom. The first kappa shape index (κ1) is 18.8. The molecule has 0 aliphatic carbocycles. The molecule has 2 aromatic carbocycles. The SMILES string of the molecule is Cc1ccc(C(=O)CNCC(c2ccc(C)cc2)N2CCCCC2)cc1. The largest absolute Gasteiger partial charge is 0.308 e. The second-order valence-corrected chi connectivity index (χ2v) is 7.44. The number of piperidine rings is 1. The van der Waals surface area contributed by atoms with Crippen molar-refractivity contribution in [1.29, 1.82) is 0 Å². The molecule has 0 radical (unpaired) electrons. The number of rotatable bonds is 7. The van der Waals surface area contributed by atoms with Gasteiger partial charge in [-0.25, -0.2) is 0 Å². The van der Waals surface area contributed by atoms with Crippen LogP contribution in [-0.2, 0) is 0 Å². The minimum absolute atomic E-state index is 0.159. The Balaban J connectivity index is 1.62. The van der Waals surface area contributed by atoms with Crippen molar-refractivity contribution >= 4 is 5.78 Å². The number of carbonyl (C=O) groups is 1. The van der Waals surface area contributed by atoms with E-state index in [-0.39, 0.29) is 5.78 Å². The van der Waals surface area contributed by atoms with Crippen LogP contribution in [0.15, 0.2) is 48.5 Å². The van der Waals surface area contributed by atoms with Gasteiger partial charge in [-0.15, -0.1) is 0 Å². The van der Waals surface area contributed by atoms with Gasteiger partial charge in [0.1, 0.15) is 0 Å². The van der Waals surface area contributed by atoms with E-state index in [2.05, 4.69) is 41.4 Å². The Labute approximate surface area is 157 Å². The molecule has 1 aliphatic rings. The van der Waals surface area contributed by atoms with Gasteiger partial charge in [-0.2, -0.15) is 0 Å². The molecule has 3 heteroatoms. The van der Waals surface area contributed by atoms with E-state index < -0.39 is 0 Å². The van der Waals surface area contributed by atoms with Gasteiger partial charge in [0.25, 0.3) is 0 Å². The smallest absolute Gasteiger partial charge is 0.176 e. The van der Waals surface area contributed by atoms with Crippen molar-refractivity contribution in [3.8, 4) is 0 Å². The molecule has 0 bridgehead atoms. The maximum absolute atomic E-state index is 12.4. The third-order valence-corrected chi connectivity index (χ3v) is 5.29. The average molecular weight is 351 g/mol. The highest BCUT2D eigenvalue weighted by atomic mass is 16.1. The summed E-state index contributed by atoms with van der Waals surface area (Å²) in [5.74, 6) is 0.159. The summed E-state index contributed by atoms with van der Waals surface area (Å²) in [5.41, 5.74) is 4.59. The van der Waals surface area contributed by atoms with Gasteiger partial charge in [0.2, 0.25) is 0 Å². The summed E-state index contributed by atoms with van der Waals surface area (Å²) in [4.78, 5) is 15.0. The van der Waals surface area contributed by atoms with Crippen LogP contribution >= 0.6 is 0 Å². The molecule has 1 aliphatic heterocycles. The zero-order valence-electron chi connectivity index (χ0n) is 16.0. The van der Waals surface area contributed by atoms with Gasteiger partial charge < -0.3 is 5.32 Å². The van der Waals surface area contributed by atoms with Crippen molar-refractivity contribution in [2.24, 2.45) is 0 Å². The maximum atomic E-state index is 12.4. The molecule has 1 atom stereocenters. The third kappa shape index (κ3) is 5.03. The number of ketones is 1. The van der Waals surface area contributed by atoms with Gasteiger partial charge in [0.05, 0.1) is 6.54 Å². The van der Waals surface area contributed by atoms with Crippen molar-refractivity contribution in [2.75, 3.05) is 26.2 Å². The minimum Gasteiger partial charge on any atom is -0.308 e. The predicted molar refractivity (Wildman–Crippen MR) is 108 cm³/mol. The van der Waals surface area contributed by atoms with E-state index in [9.17, 15) is 4.79 Å². The summed E-state index contributed by atoms with van der Waals surface area (Å²) in [6.07, 6.45) is 3.87. The van der Waals surface area contributed by atoms with Crippen molar-refractivity contribution in [3.63, 3.8) is 0 Å². The Hall–Kier alpha value is -1.97. The van der Waals surface area contributed by atoms with E-state index in [0.29, 0.717) is 12.6 Å². The van der Waals surface area contributed by atoms with Crippen LogP contribution in [0.2, 0.25) is 0 Å². The van der Waals surface area contributed by atoms with E-state index in [1.807, 2.05) is 31.2 Å². The number of hydrogen-bond acceptors (Lipinski definition) is 3. The zero-order chi connectivity index (χ0) is 18.4. The van der Waals surface area contributed by atoms with Crippen LogP contribution < -0.4 is 5.32 Å². The van der Waals surface area contributed by atoms with Crippen molar-refractivity contribution < 1.29 is 4.79 Å². The third-order valence-electron chi connectivity index (χ3n) is 5.29. The molecule has 2 aromatic rings. The molecular formula is C23H30N2O. The molecule has 0 aromatic heterocycles. The Morgan fingerprint density at radius 3 is 2.12 bits per heavy atom. The highest BCUT2D eigenvalue weighted by molar-refractivity contribution is 5.97. The minimum atomic E-state index is 0.159. The van der Waals surface area contributed by atoms with E-state index in [4.69, 9.17) is 0 Å². The summed E-state index contributed by atoms with van der Waals surface area (Å²) in [6, 6.07) is 17.0. The van der Waals surface area contributed by atoms with E-state index in [1.165, 1.54) is 36.0 Å². The lowest BCUT2D eigenvalue weighted by molar-refractivity contribution is 0.0983. The summed E-state index contributed by atoms with van der Waals surface area (Å²) >= 11 is 0. The highest BCUT2D eigenvalue weighted by Gasteiger charge is 2.22. The lowest BCUT2D eigenvalue weighted by Gasteiger charge is -2.35. The van der Waals surface area contributed by atoms with Crippen LogP contribution in [-0.4, -0.2) is 36.9 Å². The lowest BCUT2D eigenvalue weighted by Crippen LogP contribution is -2.40. The van der Waals surface area contributed by atoms with Crippen LogP contribution in [0, 0.1) is 13.8 Å². The van der Waals surface area contributed by atoms with Crippen LogP contribution in [0.25, 0.3) is 0 Å². The molecular weight excluding hydrogens is 320 g/mol. The van der Waals surface area contributed by atoms with Crippen LogP contribution in [0.1, 0.15) is 52.4 Å². The van der Waals surface area contributed by atoms with E-state index >= 15 is 0 Å². The Bertz CT molecular complexity index is 700. The van der Waals surface area contributed by atoms with Gasteiger partial charge in [0, 0.05) is 18.2 Å². The quantitative estimate of drug-likeness (QED) is 0.756. The molecule has 0 amide bonds. The summed E-state index contributed by atoms with van der Waals surface area (Å²) in [5, 5.41) is 3.42.